The molecule has 23 heavy (non-hydrogen) atoms. The molecule has 2 aromatic heterocycles. The molecule has 0 atom stereocenters. The number of anilines is 2. The van der Waals surface area contributed by atoms with Crippen LogP contribution >= 0.6 is 0 Å². The van der Waals surface area contributed by atoms with Gasteiger partial charge in [-0.3, -0.25) is 4.40 Å². The Hall–Kier alpha value is -2.70. The van der Waals surface area contributed by atoms with Crippen molar-refractivity contribution in [2.24, 2.45) is 0 Å². The van der Waals surface area contributed by atoms with Crippen molar-refractivity contribution in [3.05, 3.63) is 48.3 Å². The minimum absolute atomic E-state index is 0.172. The number of benzene rings is 1. The number of nitrogens with zero attached hydrogens (tertiary/aromatic N) is 6. The predicted octanol–water partition coefficient (Wildman–Crippen LogP) is 1.90. The van der Waals surface area contributed by atoms with Crippen LogP contribution in [0.5, 0.6) is 0 Å². The van der Waals surface area contributed by atoms with Crippen molar-refractivity contribution in [3.8, 4) is 0 Å². The van der Waals surface area contributed by atoms with Gasteiger partial charge in [0.15, 0.2) is 5.82 Å². The minimum atomic E-state index is -0.172. The molecule has 3 heterocycles. The second-order valence-electron chi connectivity index (χ2n) is 5.62. The first-order valence-corrected chi connectivity index (χ1v) is 7.65. The molecule has 0 aliphatic carbocycles. The van der Waals surface area contributed by atoms with Gasteiger partial charge in [-0.2, -0.15) is 0 Å². The van der Waals surface area contributed by atoms with Crippen LogP contribution in [-0.4, -0.2) is 45.8 Å². The van der Waals surface area contributed by atoms with Crippen LogP contribution < -0.4 is 9.80 Å². The van der Waals surface area contributed by atoms with Gasteiger partial charge in [0.2, 0.25) is 5.65 Å². The molecule has 0 spiro atoms. The van der Waals surface area contributed by atoms with Crippen molar-refractivity contribution < 1.29 is 4.39 Å². The number of para-hydroxylation sites is 1. The van der Waals surface area contributed by atoms with Crippen LogP contribution in [0, 0.1) is 12.7 Å². The smallest absolute Gasteiger partial charge is 0.203 e. The van der Waals surface area contributed by atoms with E-state index in [9.17, 15) is 4.39 Å². The lowest BCUT2D eigenvalue weighted by atomic mass is 10.2. The number of hydrogen-bond acceptors (Lipinski definition) is 5. The molecule has 1 fully saturated rings. The monoisotopic (exact) mass is 312 g/mol. The van der Waals surface area contributed by atoms with E-state index in [0.29, 0.717) is 5.69 Å². The average Bonchev–Trinajstić information content (AvgIpc) is 2.97. The maximum Gasteiger partial charge on any atom is 0.203 e. The van der Waals surface area contributed by atoms with E-state index in [0.717, 1.165) is 43.5 Å². The first kappa shape index (κ1) is 13.9. The van der Waals surface area contributed by atoms with Crippen molar-refractivity contribution in [2.45, 2.75) is 6.92 Å². The Balaban J connectivity index is 1.56. The molecule has 0 saturated carbocycles. The van der Waals surface area contributed by atoms with Crippen molar-refractivity contribution >= 4 is 17.2 Å². The molecule has 4 rings (SSSR count). The Morgan fingerprint density at radius 1 is 1.00 bits per heavy atom. The van der Waals surface area contributed by atoms with Crippen molar-refractivity contribution in [3.63, 3.8) is 0 Å². The maximum absolute atomic E-state index is 13.9. The summed E-state index contributed by atoms with van der Waals surface area (Å²) in [5.41, 5.74) is 1.43. The molecule has 1 aliphatic rings. The van der Waals surface area contributed by atoms with Crippen LogP contribution in [0.4, 0.5) is 15.9 Å². The Kier molecular flexibility index (Phi) is 3.33. The summed E-state index contributed by atoms with van der Waals surface area (Å²) >= 11 is 0. The van der Waals surface area contributed by atoms with Gasteiger partial charge in [0.1, 0.15) is 11.6 Å². The van der Waals surface area contributed by atoms with Crippen LogP contribution in [0.25, 0.3) is 5.65 Å². The maximum atomic E-state index is 13.9. The van der Waals surface area contributed by atoms with E-state index in [1.165, 1.54) is 6.07 Å². The first-order chi connectivity index (χ1) is 11.2. The van der Waals surface area contributed by atoms with Gasteiger partial charge < -0.3 is 9.80 Å². The van der Waals surface area contributed by atoms with E-state index >= 15 is 0 Å². The second-order valence-corrected chi connectivity index (χ2v) is 5.62. The zero-order chi connectivity index (χ0) is 15.8. The summed E-state index contributed by atoms with van der Waals surface area (Å²) in [6, 6.07) is 6.91. The van der Waals surface area contributed by atoms with E-state index in [-0.39, 0.29) is 5.82 Å². The van der Waals surface area contributed by atoms with E-state index in [2.05, 4.69) is 25.0 Å². The number of halogens is 1. The lowest BCUT2D eigenvalue weighted by molar-refractivity contribution is 0.596. The minimum Gasteiger partial charge on any atom is -0.366 e. The Morgan fingerprint density at radius 2 is 1.74 bits per heavy atom. The summed E-state index contributed by atoms with van der Waals surface area (Å²) < 4.78 is 15.9. The summed E-state index contributed by atoms with van der Waals surface area (Å²) in [4.78, 5) is 8.72. The van der Waals surface area contributed by atoms with Crippen LogP contribution in [0.15, 0.2) is 36.7 Å². The molecule has 1 saturated heterocycles. The molecular weight excluding hydrogens is 295 g/mol. The first-order valence-electron chi connectivity index (χ1n) is 7.65. The molecular formula is C16H17FN6. The molecule has 1 aromatic carbocycles. The third-order valence-electron chi connectivity index (χ3n) is 4.25. The molecule has 0 amide bonds. The fourth-order valence-electron chi connectivity index (χ4n) is 3.02. The highest BCUT2D eigenvalue weighted by molar-refractivity contribution is 5.64. The van der Waals surface area contributed by atoms with Crippen molar-refractivity contribution in [1.29, 1.82) is 0 Å². The SMILES string of the molecule is Cc1nnc2c(N3CCN(c4ccccc4F)CC3)nccn12. The molecule has 0 bridgehead atoms. The van der Waals surface area contributed by atoms with Gasteiger partial charge in [-0.15, -0.1) is 10.2 Å². The normalized spacial score (nSPS) is 15.4. The number of rotatable bonds is 2. The standard InChI is InChI=1S/C16H17FN6/c1-12-19-20-16-15(18-6-7-23(12)16)22-10-8-21(9-11-22)14-5-3-2-4-13(14)17/h2-7H,8-11H2,1H3. The highest BCUT2D eigenvalue weighted by Gasteiger charge is 2.22. The summed E-state index contributed by atoms with van der Waals surface area (Å²) in [5.74, 6) is 1.50. The Bertz CT molecular complexity index is 837. The number of piperazine rings is 1. The topological polar surface area (TPSA) is 49.6 Å². The number of aryl methyl sites for hydroxylation is 1. The van der Waals surface area contributed by atoms with E-state index in [4.69, 9.17) is 0 Å². The van der Waals surface area contributed by atoms with E-state index in [1.807, 2.05) is 29.7 Å². The summed E-state index contributed by atoms with van der Waals surface area (Å²) in [6.45, 7) is 4.95. The molecule has 1 aliphatic heterocycles. The summed E-state index contributed by atoms with van der Waals surface area (Å²) in [7, 11) is 0. The van der Waals surface area contributed by atoms with Crippen LogP contribution in [0.1, 0.15) is 5.82 Å². The third kappa shape index (κ3) is 2.38. The van der Waals surface area contributed by atoms with E-state index in [1.54, 1.807) is 12.3 Å². The molecule has 0 N–H and O–H groups in total. The zero-order valence-electron chi connectivity index (χ0n) is 12.9. The quantitative estimate of drug-likeness (QED) is 0.723. The van der Waals surface area contributed by atoms with Crippen LogP contribution in [0.3, 0.4) is 0 Å². The molecule has 3 aromatic rings. The van der Waals surface area contributed by atoms with Gasteiger partial charge in [0.25, 0.3) is 0 Å². The van der Waals surface area contributed by atoms with Gasteiger partial charge >= 0.3 is 0 Å². The largest absolute Gasteiger partial charge is 0.366 e. The molecule has 118 valence electrons. The Morgan fingerprint density at radius 3 is 2.52 bits per heavy atom. The average molecular weight is 312 g/mol. The predicted molar refractivity (Wildman–Crippen MR) is 86.3 cm³/mol. The summed E-state index contributed by atoms with van der Waals surface area (Å²) in [6.07, 6.45) is 3.63. The van der Waals surface area contributed by atoms with Gasteiger partial charge in [0, 0.05) is 38.6 Å². The fraction of sp³-hybridized carbons (Fsp3) is 0.312. The number of aromatic nitrogens is 4. The van der Waals surface area contributed by atoms with E-state index < -0.39 is 0 Å². The van der Waals surface area contributed by atoms with Crippen molar-refractivity contribution in [2.75, 3.05) is 36.0 Å². The lowest BCUT2D eigenvalue weighted by Crippen LogP contribution is -2.47. The van der Waals surface area contributed by atoms with Gasteiger partial charge in [-0.05, 0) is 19.1 Å². The third-order valence-corrected chi connectivity index (χ3v) is 4.25. The summed E-state index contributed by atoms with van der Waals surface area (Å²) in [5, 5.41) is 8.33. The molecule has 6 nitrogen and oxygen atoms in total. The molecule has 0 radical (unpaired) electrons. The van der Waals surface area contributed by atoms with Crippen LogP contribution in [0.2, 0.25) is 0 Å². The molecule has 0 unspecified atom stereocenters. The van der Waals surface area contributed by atoms with Gasteiger partial charge in [-0.25, -0.2) is 9.37 Å². The lowest BCUT2D eigenvalue weighted by Gasteiger charge is -2.36. The zero-order valence-corrected chi connectivity index (χ0v) is 12.9. The van der Waals surface area contributed by atoms with Crippen molar-refractivity contribution in [1.82, 2.24) is 19.6 Å². The highest BCUT2D eigenvalue weighted by Crippen LogP contribution is 2.23. The second kappa shape index (κ2) is 5.49. The molecule has 7 heteroatoms. The highest BCUT2D eigenvalue weighted by atomic mass is 19.1. The number of hydrogen-bond donors (Lipinski definition) is 0. The number of fused-ring (bicyclic) bond motifs is 1. The van der Waals surface area contributed by atoms with Gasteiger partial charge in [0.05, 0.1) is 5.69 Å². The van der Waals surface area contributed by atoms with Crippen LogP contribution in [-0.2, 0) is 0 Å². The Labute approximate surface area is 133 Å². The fourth-order valence-corrected chi connectivity index (χ4v) is 3.02. The van der Waals surface area contributed by atoms with Gasteiger partial charge in [-0.1, -0.05) is 12.1 Å².